The minimum absolute atomic E-state index is 0.0338. The van der Waals surface area contributed by atoms with Crippen molar-refractivity contribution in [2.24, 2.45) is 5.92 Å². The molecule has 16 heavy (non-hydrogen) atoms. The molecule has 0 amide bonds. The molecule has 2 N–H and O–H groups in total. The average molecular weight is 227 g/mol. The van der Waals surface area contributed by atoms with Gasteiger partial charge in [-0.25, -0.2) is 0 Å². The van der Waals surface area contributed by atoms with Crippen LogP contribution in [0.2, 0.25) is 0 Å². The molecule has 2 rings (SSSR count). The predicted octanol–water partition coefficient (Wildman–Crippen LogP) is 1.70. The molecule has 1 heterocycles. The van der Waals surface area contributed by atoms with Crippen molar-refractivity contribution in [3.05, 3.63) is 0 Å². The number of nitrogens with one attached hydrogen (secondary N) is 1. The SMILES string of the molecule is OC1CCC(NCCC2CCOCC2)CC1. The minimum Gasteiger partial charge on any atom is -0.393 e. The number of hydrogen-bond donors (Lipinski definition) is 2. The second-order valence-electron chi connectivity index (χ2n) is 5.30. The summed E-state index contributed by atoms with van der Waals surface area (Å²) in [5.41, 5.74) is 0. The van der Waals surface area contributed by atoms with Crippen molar-refractivity contribution in [1.82, 2.24) is 5.32 Å². The van der Waals surface area contributed by atoms with Crippen molar-refractivity contribution < 1.29 is 9.84 Å². The Morgan fingerprint density at radius 3 is 2.38 bits per heavy atom. The molecule has 0 radical (unpaired) electrons. The molecule has 0 unspecified atom stereocenters. The number of aliphatic hydroxyl groups excluding tert-OH is 1. The van der Waals surface area contributed by atoms with E-state index in [0.29, 0.717) is 6.04 Å². The Morgan fingerprint density at radius 2 is 1.69 bits per heavy atom. The van der Waals surface area contributed by atoms with Gasteiger partial charge in [-0.15, -0.1) is 0 Å². The summed E-state index contributed by atoms with van der Waals surface area (Å²) in [6.07, 6.45) is 8.00. The van der Waals surface area contributed by atoms with Crippen LogP contribution < -0.4 is 5.32 Å². The maximum atomic E-state index is 9.41. The third-order valence-electron chi connectivity index (χ3n) is 4.02. The molecule has 0 bridgehead atoms. The van der Waals surface area contributed by atoms with E-state index in [-0.39, 0.29) is 6.10 Å². The standard InChI is InChI=1S/C13H25NO2/c15-13-3-1-12(2-4-13)14-8-5-11-6-9-16-10-7-11/h11-15H,1-10H2. The third-order valence-corrected chi connectivity index (χ3v) is 4.02. The normalized spacial score (nSPS) is 32.8. The maximum Gasteiger partial charge on any atom is 0.0541 e. The van der Waals surface area contributed by atoms with Crippen LogP contribution in [-0.4, -0.2) is 37.0 Å². The molecule has 3 heteroatoms. The topological polar surface area (TPSA) is 41.5 Å². The Bertz CT molecular complexity index is 184. The van der Waals surface area contributed by atoms with E-state index in [1.807, 2.05) is 0 Å². The summed E-state index contributed by atoms with van der Waals surface area (Å²) in [5.74, 6) is 0.871. The lowest BCUT2D eigenvalue weighted by atomic mass is 9.92. The van der Waals surface area contributed by atoms with Crippen molar-refractivity contribution >= 4 is 0 Å². The lowest BCUT2D eigenvalue weighted by molar-refractivity contribution is 0.0631. The average Bonchev–Trinajstić information content (AvgIpc) is 2.33. The summed E-state index contributed by atoms with van der Waals surface area (Å²) in [4.78, 5) is 0. The van der Waals surface area contributed by atoms with Gasteiger partial charge in [0.1, 0.15) is 0 Å². The minimum atomic E-state index is -0.0338. The van der Waals surface area contributed by atoms with Crippen LogP contribution in [0.15, 0.2) is 0 Å². The van der Waals surface area contributed by atoms with Crippen LogP contribution in [0.5, 0.6) is 0 Å². The van der Waals surface area contributed by atoms with Crippen LogP contribution in [0.4, 0.5) is 0 Å². The molecule has 2 fully saturated rings. The molecule has 1 saturated carbocycles. The Labute approximate surface area is 98.6 Å². The van der Waals surface area contributed by atoms with Crippen LogP contribution in [0.3, 0.4) is 0 Å². The molecule has 94 valence electrons. The zero-order valence-electron chi connectivity index (χ0n) is 10.2. The monoisotopic (exact) mass is 227 g/mol. The molecule has 3 nitrogen and oxygen atoms in total. The number of rotatable bonds is 4. The lowest BCUT2D eigenvalue weighted by Gasteiger charge is -2.28. The molecule has 1 aliphatic carbocycles. The largest absolute Gasteiger partial charge is 0.393 e. The first-order valence-electron chi connectivity index (χ1n) is 6.84. The predicted molar refractivity (Wildman–Crippen MR) is 64.4 cm³/mol. The molecule has 0 aromatic heterocycles. The van der Waals surface area contributed by atoms with E-state index in [4.69, 9.17) is 4.74 Å². The fourth-order valence-corrected chi connectivity index (χ4v) is 2.81. The van der Waals surface area contributed by atoms with Crippen molar-refractivity contribution in [2.75, 3.05) is 19.8 Å². The first kappa shape index (κ1) is 12.3. The van der Waals surface area contributed by atoms with E-state index in [9.17, 15) is 5.11 Å². The Hall–Kier alpha value is -0.120. The van der Waals surface area contributed by atoms with E-state index >= 15 is 0 Å². The van der Waals surface area contributed by atoms with Gasteiger partial charge in [-0.05, 0) is 57.4 Å². The zero-order valence-corrected chi connectivity index (χ0v) is 10.2. The van der Waals surface area contributed by atoms with Crippen LogP contribution in [0, 0.1) is 5.92 Å². The molecule has 1 aliphatic heterocycles. The highest BCUT2D eigenvalue weighted by Gasteiger charge is 2.19. The Balaban J connectivity index is 1.53. The van der Waals surface area contributed by atoms with Crippen LogP contribution in [0.25, 0.3) is 0 Å². The molecule has 0 aromatic rings. The number of aliphatic hydroxyl groups is 1. The van der Waals surface area contributed by atoms with E-state index in [1.165, 1.54) is 19.3 Å². The molecule has 0 atom stereocenters. The number of ether oxygens (including phenoxy) is 1. The fourth-order valence-electron chi connectivity index (χ4n) is 2.81. The lowest BCUT2D eigenvalue weighted by Crippen LogP contribution is -2.36. The van der Waals surface area contributed by atoms with Gasteiger partial charge in [0.15, 0.2) is 0 Å². The van der Waals surface area contributed by atoms with Gasteiger partial charge in [-0.1, -0.05) is 0 Å². The quantitative estimate of drug-likeness (QED) is 0.768. The Kier molecular flexibility index (Phi) is 5.07. The van der Waals surface area contributed by atoms with E-state index in [0.717, 1.165) is 51.4 Å². The molecule has 1 saturated heterocycles. The molecular formula is C13H25NO2. The highest BCUT2D eigenvalue weighted by Crippen LogP contribution is 2.20. The molecular weight excluding hydrogens is 202 g/mol. The Morgan fingerprint density at radius 1 is 1.00 bits per heavy atom. The molecule has 0 aromatic carbocycles. The van der Waals surface area contributed by atoms with Crippen LogP contribution >= 0.6 is 0 Å². The van der Waals surface area contributed by atoms with Gasteiger partial charge in [0.05, 0.1) is 6.10 Å². The highest BCUT2D eigenvalue weighted by atomic mass is 16.5. The summed E-state index contributed by atoms with van der Waals surface area (Å²) >= 11 is 0. The maximum absolute atomic E-state index is 9.41. The number of hydrogen-bond acceptors (Lipinski definition) is 3. The van der Waals surface area contributed by atoms with Crippen LogP contribution in [-0.2, 0) is 4.74 Å². The smallest absolute Gasteiger partial charge is 0.0541 e. The van der Waals surface area contributed by atoms with Gasteiger partial charge >= 0.3 is 0 Å². The van der Waals surface area contributed by atoms with Gasteiger partial charge in [-0.2, -0.15) is 0 Å². The zero-order chi connectivity index (χ0) is 11.2. The van der Waals surface area contributed by atoms with Gasteiger partial charge in [0.25, 0.3) is 0 Å². The van der Waals surface area contributed by atoms with Crippen molar-refractivity contribution in [2.45, 2.75) is 57.1 Å². The van der Waals surface area contributed by atoms with E-state index in [2.05, 4.69) is 5.32 Å². The summed E-state index contributed by atoms with van der Waals surface area (Å²) in [7, 11) is 0. The summed E-state index contributed by atoms with van der Waals surface area (Å²) < 4.78 is 5.36. The first-order chi connectivity index (χ1) is 7.84. The van der Waals surface area contributed by atoms with E-state index in [1.54, 1.807) is 0 Å². The van der Waals surface area contributed by atoms with Gasteiger partial charge < -0.3 is 15.2 Å². The van der Waals surface area contributed by atoms with E-state index < -0.39 is 0 Å². The van der Waals surface area contributed by atoms with Gasteiger partial charge in [-0.3, -0.25) is 0 Å². The molecule has 2 aliphatic rings. The summed E-state index contributed by atoms with van der Waals surface area (Å²) in [6, 6.07) is 0.656. The third kappa shape index (κ3) is 4.04. The summed E-state index contributed by atoms with van der Waals surface area (Å²) in [6.45, 7) is 3.06. The summed E-state index contributed by atoms with van der Waals surface area (Å²) in [5, 5.41) is 13.1. The van der Waals surface area contributed by atoms with Crippen LogP contribution in [0.1, 0.15) is 44.9 Å². The second kappa shape index (κ2) is 6.58. The van der Waals surface area contributed by atoms with Crippen molar-refractivity contribution in [3.8, 4) is 0 Å². The highest BCUT2D eigenvalue weighted by molar-refractivity contribution is 4.77. The van der Waals surface area contributed by atoms with Crippen molar-refractivity contribution in [3.63, 3.8) is 0 Å². The van der Waals surface area contributed by atoms with Gasteiger partial charge in [0.2, 0.25) is 0 Å². The first-order valence-corrected chi connectivity index (χ1v) is 6.84. The fraction of sp³-hybridized carbons (Fsp3) is 1.00. The van der Waals surface area contributed by atoms with Gasteiger partial charge in [0, 0.05) is 19.3 Å². The van der Waals surface area contributed by atoms with Crippen molar-refractivity contribution in [1.29, 1.82) is 0 Å². The molecule has 0 spiro atoms. The second-order valence-corrected chi connectivity index (χ2v) is 5.30.